The first-order valence-electron chi connectivity index (χ1n) is 7.11. The fraction of sp³-hybridized carbons (Fsp3) is 1.00. The van der Waals surface area contributed by atoms with Gasteiger partial charge < -0.3 is 4.74 Å². The Kier molecular flexibility index (Phi) is 8.50. The van der Waals surface area contributed by atoms with E-state index in [2.05, 4.69) is 34.7 Å². The zero-order valence-corrected chi connectivity index (χ0v) is 13.0. The third kappa shape index (κ3) is 6.78. The number of hydrogen-bond acceptors (Lipinski definition) is 2. The molecule has 102 valence electrons. The van der Waals surface area contributed by atoms with Gasteiger partial charge >= 0.3 is 0 Å². The molecule has 0 bridgehead atoms. The van der Waals surface area contributed by atoms with Crippen LogP contribution >= 0.6 is 15.9 Å². The lowest BCUT2D eigenvalue weighted by atomic mass is 10.1. The molecule has 1 saturated heterocycles. The summed E-state index contributed by atoms with van der Waals surface area (Å²) in [5, 5.41) is 1.11. The predicted octanol–water partition coefficient (Wildman–Crippen LogP) is 3.69. The Hall–Kier alpha value is 0.400. The molecule has 0 N–H and O–H groups in total. The summed E-state index contributed by atoms with van der Waals surface area (Å²) < 4.78 is 5.72. The first-order chi connectivity index (χ1) is 8.24. The van der Waals surface area contributed by atoms with Crippen LogP contribution in [0.5, 0.6) is 0 Å². The van der Waals surface area contributed by atoms with Crippen LogP contribution in [0.15, 0.2) is 0 Å². The minimum Gasteiger partial charge on any atom is -0.380 e. The molecular formula is C14H28BrNO. The highest BCUT2D eigenvalue weighted by Gasteiger charge is 2.19. The molecule has 0 radical (unpaired) electrons. The molecule has 1 rings (SSSR count). The van der Waals surface area contributed by atoms with Crippen LogP contribution in [0.2, 0.25) is 0 Å². The average Bonchev–Trinajstić information content (AvgIpc) is 2.53. The molecule has 0 spiro atoms. The second-order valence-corrected chi connectivity index (χ2v) is 6.14. The molecule has 0 saturated carbocycles. The van der Waals surface area contributed by atoms with E-state index in [1.165, 1.54) is 38.6 Å². The van der Waals surface area contributed by atoms with Crippen LogP contribution in [0.25, 0.3) is 0 Å². The second kappa shape index (κ2) is 9.35. The van der Waals surface area contributed by atoms with Crippen LogP contribution in [0, 0.1) is 5.92 Å². The smallest absolute Gasteiger partial charge is 0.0593 e. The van der Waals surface area contributed by atoms with E-state index < -0.39 is 0 Å². The van der Waals surface area contributed by atoms with E-state index in [0.717, 1.165) is 37.0 Å². The Labute approximate surface area is 115 Å². The number of nitrogens with zero attached hydrogens (tertiary/aromatic N) is 1. The zero-order chi connectivity index (χ0) is 12.5. The number of ether oxygens (including phenoxy) is 1. The molecule has 1 fully saturated rings. The highest BCUT2D eigenvalue weighted by Crippen LogP contribution is 2.17. The minimum absolute atomic E-state index is 0.728. The summed E-state index contributed by atoms with van der Waals surface area (Å²) in [7, 11) is 0. The number of halogens is 1. The first-order valence-corrected chi connectivity index (χ1v) is 8.24. The van der Waals surface area contributed by atoms with E-state index in [1.54, 1.807) is 0 Å². The van der Waals surface area contributed by atoms with E-state index >= 15 is 0 Å². The molecule has 0 aromatic heterocycles. The van der Waals surface area contributed by atoms with Gasteiger partial charge in [-0.05, 0) is 31.7 Å². The maximum absolute atomic E-state index is 5.72. The van der Waals surface area contributed by atoms with Gasteiger partial charge in [0.05, 0.1) is 6.61 Å². The average molecular weight is 306 g/mol. The third-order valence-corrected chi connectivity index (χ3v) is 4.29. The van der Waals surface area contributed by atoms with Crippen LogP contribution in [-0.4, -0.2) is 42.6 Å². The molecule has 1 atom stereocenters. The molecule has 2 nitrogen and oxygen atoms in total. The van der Waals surface area contributed by atoms with Crippen molar-refractivity contribution in [2.75, 3.05) is 31.6 Å². The van der Waals surface area contributed by atoms with Crippen molar-refractivity contribution in [3.63, 3.8) is 0 Å². The van der Waals surface area contributed by atoms with Crippen molar-refractivity contribution >= 4 is 15.9 Å². The summed E-state index contributed by atoms with van der Waals surface area (Å²) in [4.78, 5) is 2.61. The Bertz CT molecular complexity index is 187. The second-order valence-electron chi connectivity index (χ2n) is 5.49. The highest BCUT2D eigenvalue weighted by atomic mass is 79.9. The Morgan fingerprint density at radius 1 is 1.24 bits per heavy atom. The van der Waals surface area contributed by atoms with Gasteiger partial charge in [0, 0.05) is 24.5 Å². The van der Waals surface area contributed by atoms with Gasteiger partial charge in [-0.3, -0.25) is 4.90 Å². The first kappa shape index (κ1) is 15.5. The lowest BCUT2D eigenvalue weighted by molar-refractivity contribution is 0.0855. The van der Waals surface area contributed by atoms with Crippen molar-refractivity contribution in [3.05, 3.63) is 0 Å². The summed E-state index contributed by atoms with van der Waals surface area (Å²) in [6.45, 7) is 8.68. The summed E-state index contributed by atoms with van der Waals surface area (Å²) in [5.41, 5.74) is 0. The van der Waals surface area contributed by atoms with E-state index in [9.17, 15) is 0 Å². The Morgan fingerprint density at radius 3 is 2.76 bits per heavy atom. The SMILES string of the molecule is CC(C)CCOCCN1CCCCCC1CBr. The zero-order valence-electron chi connectivity index (χ0n) is 11.5. The highest BCUT2D eigenvalue weighted by molar-refractivity contribution is 9.09. The molecular weight excluding hydrogens is 278 g/mol. The molecule has 1 unspecified atom stereocenters. The largest absolute Gasteiger partial charge is 0.380 e. The minimum atomic E-state index is 0.728. The van der Waals surface area contributed by atoms with E-state index in [4.69, 9.17) is 4.74 Å². The lowest BCUT2D eigenvalue weighted by Crippen LogP contribution is -2.38. The summed E-state index contributed by atoms with van der Waals surface area (Å²) in [6.07, 6.45) is 6.67. The Morgan fingerprint density at radius 2 is 2.06 bits per heavy atom. The van der Waals surface area contributed by atoms with Crippen LogP contribution in [-0.2, 0) is 4.74 Å². The molecule has 0 aromatic rings. The molecule has 1 aliphatic rings. The normalized spacial score (nSPS) is 22.9. The molecule has 17 heavy (non-hydrogen) atoms. The molecule has 3 heteroatoms. The Balaban J connectivity index is 2.14. The van der Waals surface area contributed by atoms with Crippen LogP contribution in [0.1, 0.15) is 46.0 Å². The number of alkyl halides is 1. The summed E-state index contributed by atoms with van der Waals surface area (Å²) >= 11 is 3.65. The van der Waals surface area contributed by atoms with Crippen LogP contribution < -0.4 is 0 Å². The van der Waals surface area contributed by atoms with Crippen LogP contribution in [0.3, 0.4) is 0 Å². The standard InChI is InChI=1S/C14H28BrNO/c1-13(2)7-10-17-11-9-16-8-5-3-4-6-14(16)12-15/h13-14H,3-12H2,1-2H3. The number of rotatable bonds is 7. The maximum Gasteiger partial charge on any atom is 0.0593 e. The lowest BCUT2D eigenvalue weighted by Gasteiger charge is -2.28. The van der Waals surface area contributed by atoms with Crippen molar-refractivity contribution < 1.29 is 4.74 Å². The molecule has 0 amide bonds. The van der Waals surface area contributed by atoms with Gasteiger partial charge in [0.25, 0.3) is 0 Å². The van der Waals surface area contributed by atoms with Crippen molar-refractivity contribution in [2.45, 2.75) is 52.0 Å². The van der Waals surface area contributed by atoms with Gasteiger partial charge in [-0.1, -0.05) is 42.6 Å². The topological polar surface area (TPSA) is 12.5 Å². The van der Waals surface area contributed by atoms with E-state index in [0.29, 0.717) is 0 Å². The predicted molar refractivity (Wildman–Crippen MR) is 77.9 cm³/mol. The van der Waals surface area contributed by atoms with Crippen molar-refractivity contribution in [1.29, 1.82) is 0 Å². The molecule has 0 aliphatic carbocycles. The molecule has 1 aliphatic heterocycles. The van der Waals surface area contributed by atoms with Crippen LogP contribution in [0.4, 0.5) is 0 Å². The van der Waals surface area contributed by atoms with Crippen molar-refractivity contribution in [2.24, 2.45) is 5.92 Å². The quantitative estimate of drug-likeness (QED) is 0.525. The van der Waals surface area contributed by atoms with Crippen molar-refractivity contribution in [1.82, 2.24) is 4.90 Å². The van der Waals surface area contributed by atoms with Gasteiger partial charge in [-0.25, -0.2) is 0 Å². The van der Waals surface area contributed by atoms with E-state index in [1.807, 2.05) is 0 Å². The third-order valence-electron chi connectivity index (χ3n) is 3.54. The molecule has 0 aromatic carbocycles. The van der Waals surface area contributed by atoms with Gasteiger partial charge in [-0.2, -0.15) is 0 Å². The van der Waals surface area contributed by atoms with E-state index in [-0.39, 0.29) is 0 Å². The maximum atomic E-state index is 5.72. The fourth-order valence-corrected chi connectivity index (χ4v) is 3.04. The van der Waals surface area contributed by atoms with Gasteiger partial charge in [0.15, 0.2) is 0 Å². The van der Waals surface area contributed by atoms with Crippen molar-refractivity contribution in [3.8, 4) is 0 Å². The summed E-state index contributed by atoms with van der Waals surface area (Å²) in [5.74, 6) is 0.753. The van der Waals surface area contributed by atoms with Gasteiger partial charge in [0.1, 0.15) is 0 Å². The fourth-order valence-electron chi connectivity index (χ4n) is 2.31. The molecule has 1 heterocycles. The monoisotopic (exact) mass is 305 g/mol. The van der Waals surface area contributed by atoms with Gasteiger partial charge in [0.2, 0.25) is 0 Å². The van der Waals surface area contributed by atoms with Gasteiger partial charge in [-0.15, -0.1) is 0 Å². The number of likely N-dealkylation sites (tertiary alicyclic amines) is 1. The number of hydrogen-bond donors (Lipinski definition) is 0. The summed E-state index contributed by atoms with van der Waals surface area (Å²) in [6, 6.07) is 0.728.